The van der Waals surface area contributed by atoms with Crippen molar-refractivity contribution in [3.8, 4) is 0 Å². The van der Waals surface area contributed by atoms with E-state index in [9.17, 15) is 4.79 Å². The quantitative estimate of drug-likeness (QED) is 0.496. The molecule has 3 heterocycles. The summed E-state index contributed by atoms with van der Waals surface area (Å²) >= 11 is 0. The Morgan fingerprint density at radius 1 is 1.12 bits per heavy atom. The Hall–Kier alpha value is -3.03. The van der Waals surface area contributed by atoms with Gasteiger partial charge in [-0.3, -0.25) is 14.4 Å². The van der Waals surface area contributed by atoms with E-state index in [1.54, 1.807) is 11.0 Å². The van der Waals surface area contributed by atoms with Crippen molar-refractivity contribution in [2.75, 3.05) is 25.0 Å². The van der Waals surface area contributed by atoms with E-state index in [1.807, 2.05) is 18.5 Å². The van der Waals surface area contributed by atoms with Gasteiger partial charge in [-0.25, -0.2) is 4.99 Å². The molecule has 1 aromatic heterocycles. The second-order valence-corrected chi connectivity index (χ2v) is 14.1. The van der Waals surface area contributed by atoms with Crippen molar-refractivity contribution in [1.82, 2.24) is 20.0 Å². The second-order valence-electron chi connectivity index (χ2n) is 14.1. The maximum absolute atomic E-state index is 13.7. The minimum Gasteiger partial charge on any atom is -0.310 e. The molecule has 2 bridgehead atoms. The number of amides is 1. The topological polar surface area (TPSA) is 65.8 Å². The van der Waals surface area contributed by atoms with Crippen molar-refractivity contribution in [3.63, 3.8) is 0 Å². The fourth-order valence-electron chi connectivity index (χ4n) is 7.22. The lowest BCUT2D eigenvalue weighted by Crippen LogP contribution is -2.40. The van der Waals surface area contributed by atoms with Crippen molar-refractivity contribution in [2.24, 2.45) is 22.2 Å². The summed E-state index contributed by atoms with van der Waals surface area (Å²) in [5.41, 5.74) is 2.00. The third-order valence-electron chi connectivity index (χ3n) is 9.65. The predicted octanol–water partition coefficient (Wildman–Crippen LogP) is 5.02. The summed E-state index contributed by atoms with van der Waals surface area (Å²) in [4.78, 5) is 22.9. The molecule has 1 saturated heterocycles. The number of benzene rings is 1. The number of piperidine rings is 1. The first-order valence-corrected chi connectivity index (χ1v) is 16.1. The van der Waals surface area contributed by atoms with Crippen LogP contribution in [0.1, 0.15) is 85.2 Å². The van der Waals surface area contributed by atoms with Crippen LogP contribution in [0.4, 0.5) is 5.69 Å². The zero-order chi connectivity index (χ0) is 29.3. The van der Waals surface area contributed by atoms with E-state index in [4.69, 9.17) is 10.1 Å². The highest BCUT2D eigenvalue weighted by molar-refractivity contribution is 6.21. The number of nitrogens with one attached hydrogen (secondary N) is 1. The Kier molecular flexibility index (Phi) is 8.51. The number of likely N-dealkylation sites (tertiary alicyclic amines) is 1. The van der Waals surface area contributed by atoms with E-state index in [2.05, 4.69) is 73.1 Å². The maximum atomic E-state index is 13.7. The maximum Gasteiger partial charge on any atom is 0.256 e. The number of amidine groups is 1. The molecule has 3 fully saturated rings. The van der Waals surface area contributed by atoms with Crippen molar-refractivity contribution >= 4 is 29.7 Å². The molecule has 2 aliphatic heterocycles. The van der Waals surface area contributed by atoms with E-state index in [0.717, 1.165) is 54.6 Å². The van der Waals surface area contributed by atoms with Gasteiger partial charge in [-0.2, -0.15) is 5.10 Å². The van der Waals surface area contributed by atoms with Gasteiger partial charge in [0.05, 0.1) is 23.3 Å². The predicted molar refractivity (Wildman–Crippen MR) is 174 cm³/mol. The molecule has 3 atom stereocenters. The molecule has 0 radical (unpaired) electrons. The van der Waals surface area contributed by atoms with Gasteiger partial charge in [-0.15, -0.1) is 0 Å². The van der Waals surface area contributed by atoms with Crippen LogP contribution in [0.3, 0.4) is 0 Å². The first-order chi connectivity index (χ1) is 20.2. The Bertz CT molecular complexity index is 1440. The molecule has 1 N–H and O–H groups in total. The Balaban J connectivity index is 0.00000368. The standard InChI is InChI=1S/C35H48N6O.H2/c1-35(2,3)17-14-34(42)40(30-12-9-25(10-13-30)22-36-29-15-18-39(4)19-16-29)33-7-5-6-31-28(23-37-33)24-38-41(31)32-21-26-8-11-27(32)20-26;/h6,9-10,12-14,17,23-24,26-27,29,32,36H,5,7-8,11,15-16,18-22H2,1-4H3;1H/b17-14-,28-23-,31-6-,37-33?;/t26-,27?,32?;/m1./s1. The molecule has 7 nitrogen and oxygen atoms in total. The van der Waals surface area contributed by atoms with Crippen LogP contribution in [0.5, 0.6) is 0 Å². The Morgan fingerprint density at radius 2 is 1.90 bits per heavy atom. The molecule has 4 aliphatic rings. The molecular weight excluding hydrogens is 520 g/mol. The van der Waals surface area contributed by atoms with Crippen LogP contribution in [0.25, 0.3) is 12.3 Å². The number of nitrogens with zero attached hydrogens (tertiary/aromatic N) is 5. The van der Waals surface area contributed by atoms with Crippen molar-refractivity contribution in [1.29, 1.82) is 0 Å². The number of aromatic nitrogens is 2. The summed E-state index contributed by atoms with van der Waals surface area (Å²) in [5.74, 6) is 2.35. The van der Waals surface area contributed by atoms with E-state index in [-0.39, 0.29) is 12.7 Å². The number of fused-ring (bicyclic) bond motifs is 3. The third kappa shape index (κ3) is 6.63. The summed E-state index contributed by atoms with van der Waals surface area (Å²) < 4.78 is 2.28. The number of carbonyl (C=O) groups excluding carboxylic acids is 1. The number of allylic oxidation sites excluding steroid dienone is 1. The molecule has 6 rings (SSSR count). The van der Waals surface area contributed by atoms with Gasteiger partial charge in [0.25, 0.3) is 5.91 Å². The molecule has 2 unspecified atom stereocenters. The average Bonchev–Trinajstić information content (AvgIpc) is 3.69. The number of hydrogen-bond acceptors (Lipinski definition) is 5. The smallest absolute Gasteiger partial charge is 0.256 e. The lowest BCUT2D eigenvalue weighted by Gasteiger charge is -2.29. The van der Waals surface area contributed by atoms with Crippen molar-refractivity contribution in [3.05, 3.63) is 58.7 Å². The summed E-state index contributed by atoms with van der Waals surface area (Å²) in [6, 6.07) is 9.50. The van der Waals surface area contributed by atoms with Crippen LogP contribution in [0, 0.1) is 17.3 Å². The first kappa shape index (κ1) is 29.1. The second kappa shape index (κ2) is 12.3. The van der Waals surface area contributed by atoms with Gasteiger partial charge in [-0.05, 0) is 93.6 Å². The monoisotopic (exact) mass is 570 g/mol. The molecule has 1 aromatic carbocycles. The number of hydrogen-bond donors (Lipinski definition) is 1. The number of rotatable bonds is 6. The fourth-order valence-corrected chi connectivity index (χ4v) is 7.22. The van der Waals surface area contributed by atoms with E-state index in [0.29, 0.717) is 18.5 Å². The van der Waals surface area contributed by atoms with Crippen molar-refractivity contribution < 1.29 is 6.22 Å². The molecule has 7 heteroatoms. The highest BCUT2D eigenvalue weighted by Gasteiger charge is 2.41. The molecule has 0 spiro atoms. The normalized spacial score (nSPS) is 26.6. The first-order valence-electron chi connectivity index (χ1n) is 16.1. The molecular formula is C35H50N6O. The molecule has 226 valence electrons. The summed E-state index contributed by atoms with van der Waals surface area (Å²) in [7, 11) is 2.19. The zero-order valence-corrected chi connectivity index (χ0v) is 25.9. The molecule has 2 saturated carbocycles. The highest BCUT2D eigenvalue weighted by Crippen LogP contribution is 2.49. The Labute approximate surface area is 252 Å². The van der Waals surface area contributed by atoms with Crippen LogP contribution in [0.15, 0.2) is 47.6 Å². The number of anilines is 1. The SMILES string of the molecule is CN1CCC(NCc2ccc(N(C(=O)/C=C\C(C)(C)C)C3=N/C=c4/cnn(C5C[C@@H]6CCC5C6)/c4=C\CC3)cc2)CC1.[HH]. The van der Waals surface area contributed by atoms with Gasteiger partial charge in [0.1, 0.15) is 5.84 Å². The lowest BCUT2D eigenvalue weighted by atomic mass is 9.95. The number of carbonyl (C=O) groups is 1. The van der Waals surface area contributed by atoms with Gasteiger partial charge in [0, 0.05) is 37.9 Å². The summed E-state index contributed by atoms with van der Waals surface area (Å²) in [6.07, 6.45) is 19.1. The summed E-state index contributed by atoms with van der Waals surface area (Å²) in [6.45, 7) is 9.47. The average molecular weight is 571 g/mol. The van der Waals surface area contributed by atoms with E-state index in [1.165, 1.54) is 49.4 Å². The minimum atomic E-state index is -0.0867. The number of aliphatic imine (C=N–C) groups is 1. The van der Waals surface area contributed by atoms with Crippen molar-refractivity contribution in [2.45, 2.75) is 90.8 Å². The lowest BCUT2D eigenvalue weighted by molar-refractivity contribution is -0.113. The van der Waals surface area contributed by atoms with Crippen LogP contribution < -0.4 is 20.8 Å². The van der Waals surface area contributed by atoms with Gasteiger partial charge in [-0.1, -0.05) is 51.5 Å². The van der Waals surface area contributed by atoms with Gasteiger partial charge in [0.2, 0.25) is 0 Å². The van der Waals surface area contributed by atoms with Crippen LogP contribution in [-0.4, -0.2) is 52.6 Å². The largest absolute Gasteiger partial charge is 0.310 e. The molecule has 2 aromatic rings. The van der Waals surface area contributed by atoms with Gasteiger partial charge < -0.3 is 10.2 Å². The van der Waals surface area contributed by atoms with Crippen LogP contribution in [-0.2, 0) is 11.3 Å². The minimum absolute atomic E-state index is 0. The zero-order valence-electron chi connectivity index (χ0n) is 25.9. The summed E-state index contributed by atoms with van der Waals surface area (Å²) in [5, 5.41) is 10.8. The highest BCUT2D eigenvalue weighted by atomic mass is 16.2. The Morgan fingerprint density at radius 3 is 2.60 bits per heavy atom. The van der Waals surface area contributed by atoms with Gasteiger partial charge in [0.15, 0.2) is 0 Å². The molecule has 42 heavy (non-hydrogen) atoms. The van der Waals surface area contributed by atoms with E-state index < -0.39 is 0 Å². The molecule has 1 amide bonds. The van der Waals surface area contributed by atoms with Gasteiger partial charge >= 0.3 is 0 Å². The fraction of sp³-hybridized carbons (Fsp3) is 0.571. The van der Waals surface area contributed by atoms with Crippen LogP contribution in [0.2, 0.25) is 0 Å². The third-order valence-corrected chi connectivity index (χ3v) is 9.65. The molecule has 2 aliphatic carbocycles. The van der Waals surface area contributed by atoms with E-state index >= 15 is 0 Å². The van der Waals surface area contributed by atoms with Crippen LogP contribution >= 0.6 is 0 Å².